The van der Waals surface area contributed by atoms with E-state index in [0.29, 0.717) is 45.9 Å². The smallest absolute Gasteiger partial charge is 0.164 e. The van der Waals surface area contributed by atoms with E-state index in [4.69, 9.17) is 36.8 Å². The second-order valence-electron chi connectivity index (χ2n) is 9.89. The zero-order chi connectivity index (χ0) is 28.9. The van der Waals surface area contributed by atoms with Crippen molar-refractivity contribution in [3.63, 3.8) is 0 Å². The van der Waals surface area contributed by atoms with E-state index < -0.39 is 22.0 Å². The van der Waals surface area contributed by atoms with E-state index in [2.05, 4.69) is 9.97 Å². The maximum Gasteiger partial charge on any atom is 0.164 e. The third-order valence-electron chi connectivity index (χ3n) is 7.46. The molecule has 7 aromatic rings. The topological polar surface area (TPSA) is 149 Å². The van der Waals surface area contributed by atoms with Crippen molar-refractivity contribution >= 4 is 66.1 Å². The quantitative estimate of drug-likeness (QED) is 0.158. The summed E-state index contributed by atoms with van der Waals surface area (Å²) in [4.78, 5) is 36.8. The molecule has 2 radical (unpaired) electrons. The molecule has 10 nitrogen and oxygen atoms in total. The van der Waals surface area contributed by atoms with E-state index in [9.17, 15) is 0 Å². The van der Waals surface area contributed by atoms with Crippen molar-refractivity contribution in [1.29, 1.82) is 0 Å². The van der Waals surface area contributed by atoms with Crippen molar-refractivity contribution < 1.29 is 6.89 Å². The van der Waals surface area contributed by atoms with E-state index in [0.717, 1.165) is 43.8 Å². The van der Waals surface area contributed by atoms with Crippen molar-refractivity contribution in [2.45, 2.75) is 0 Å². The Kier molecular flexibility index (Phi) is 6.17. The monoisotopic (exact) mass is 668 g/mol. The molecule has 204 valence electrons. The van der Waals surface area contributed by atoms with Crippen molar-refractivity contribution in [1.82, 2.24) is 39.9 Å². The molecule has 2 aliphatic rings. The number of H-pyrrole nitrogens is 2. The first-order valence-electron chi connectivity index (χ1n) is 13.4. The molecule has 0 fully saturated rings. The molecule has 0 unspecified atom stereocenters. The fourth-order valence-corrected chi connectivity index (χ4v) is 5.59. The third kappa shape index (κ3) is 4.26. The summed E-state index contributed by atoms with van der Waals surface area (Å²) in [6, 6.07) is 32.2. The maximum absolute atomic E-state index is 7.30. The zero-order valence-corrected chi connectivity index (χ0v) is 25.2. The Bertz CT molecular complexity index is 2060. The van der Waals surface area contributed by atoms with Crippen LogP contribution in [0.25, 0.3) is 89.7 Å². The summed E-state index contributed by atoms with van der Waals surface area (Å²) in [5.41, 5.74) is 6.45. The van der Waals surface area contributed by atoms with Gasteiger partial charge in [-0.1, -0.05) is 97.1 Å². The van der Waals surface area contributed by atoms with Crippen LogP contribution < -0.4 is 0 Å². The summed E-state index contributed by atoms with van der Waals surface area (Å²) in [5.74, 6) is 2.39. The van der Waals surface area contributed by atoms with Gasteiger partial charge in [0.15, 0.2) is 23.3 Å². The molecule has 11 heteroatoms. The van der Waals surface area contributed by atoms with Crippen LogP contribution in [-0.4, -0.2) is 68.7 Å². The van der Waals surface area contributed by atoms with Crippen molar-refractivity contribution in [3.05, 3.63) is 97.1 Å². The number of hydrogen-bond acceptors (Lipinski definition) is 8. The van der Waals surface area contributed by atoms with Gasteiger partial charge in [-0.25, -0.2) is 29.9 Å². The molecule has 0 atom stereocenters. The normalized spacial score (nSPS) is 11.6. The Balaban J connectivity index is 0.000000892. The number of fused-ring (bicyclic) bond motifs is 20. The van der Waals surface area contributed by atoms with E-state index in [1.165, 1.54) is 0 Å². The van der Waals surface area contributed by atoms with Gasteiger partial charge < -0.3 is 9.97 Å². The van der Waals surface area contributed by atoms with Crippen molar-refractivity contribution in [2.75, 3.05) is 0 Å². The Morgan fingerprint density at radius 3 is 0.860 bits per heavy atom. The summed E-state index contributed by atoms with van der Waals surface area (Å²) in [7, 11) is 0. The molecule has 5 heterocycles. The minimum Gasteiger partial charge on any atom is -0.324 e. The molecule has 0 saturated heterocycles. The fourth-order valence-electron chi connectivity index (χ4n) is 5.59. The minimum absolute atomic E-state index is 0.597. The largest absolute Gasteiger partial charge is 0.324 e. The van der Waals surface area contributed by atoms with Gasteiger partial charge in [-0.05, 0) is 0 Å². The maximum atomic E-state index is 7.30. The molecule has 9 rings (SSSR count). The molecule has 2 aliphatic heterocycles. The summed E-state index contributed by atoms with van der Waals surface area (Å²) in [5, 5.41) is 3.82. The van der Waals surface area contributed by atoms with Gasteiger partial charge >= 0.3 is 28.9 Å². The third-order valence-corrected chi connectivity index (χ3v) is 7.46. The van der Waals surface area contributed by atoms with Gasteiger partial charge in [0.05, 0.1) is 0 Å². The van der Waals surface area contributed by atoms with E-state index >= 15 is 0 Å². The number of nitrogens with one attached hydrogen (secondary N) is 2. The number of aromatic amines is 2. The summed E-state index contributed by atoms with van der Waals surface area (Å²) >= 11 is -1.77. The Labute approximate surface area is 254 Å². The molecular weight excluding hydrogens is 647 g/mol. The van der Waals surface area contributed by atoms with Crippen LogP contribution in [0.3, 0.4) is 0 Å². The molecule has 0 spiro atoms. The van der Waals surface area contributed by atoms with Gasteiger partial charge in [0, 0.05) is 43.8 Å². The molecule has 0 aliphatic carbocycles. The number of aromatic nitrogens is 8. The van der Waals surface area contributed by atoms with Crippen LogP contribution in [0.1, 0.15) is 0 Å². The van der Waals surface area contributed by atoms with Crippen LogP contribution in [0.5, 0.6) is 0 Å². The summed E-state index contributed by atoms with van der Waals surface area (Å²) in [6.45, 7) is 0. The van der Waals surface area contributed by atoms with Gasteiger partial charge in [-0.3, -0.25) is 0 Å². The zero-order valence-electron chi connectivity index (χ0n) is 22.3. The fraction of sp³-hybridized carbons (Fsp3) is 0. The number of rotatable bonds is 0. The van der Waals surface area contributed by atoms with Crippen LogP contribution in [-0.2, 0) is 0 Å². The number of nitrogens with zero attached hydrogens (tertiary/aromatic N) is 6. The first-order valence-corrected chi connectivity index (χ1v) is 16.0. The molecule has 0 amide bonds. The summed E-state index contributed by atoms with van der Waals surface area (Å²) in [6.07, 6.45) is 0. The molecular formula is C32H20N8O2Sn. The van der Waals surface area contributed by atoms with E-state index in [1.807, 2.05) is 97.1 Å². The average molecular weight is 667 g/mol. The van der Waals surface area contributed by atoms with Crippen LogP contribution in [0.4, 0.5) is 0 Å². The van der Waals surface area contributed by atoms with Crippen LogP contribution in [0.15, 0.2) is 97.1 Å². The van der Waals surface area contributed by atoms with E-state index in [1.54, 1.807) is 0 Å². The molecule has 8 bridgehead atoms. The van der Waals surface area contributed by atoms with Crippen LogP contribution in [0, 0.1) is 0 Å². The molecule has 4 N–H and O–H groups in total. The molecule has 4 aromatic carbocycles. The van der Waals surface area contributed by atoms with Crippen LogP contribution in [0.2, 0.25) is 0 Å². The average Bonchev–Trinajstić information content (AvgIpc) is 3.77. The van der Waals surface area contributed by atoms with Gasteiger partial charge in [-0.2, -0.15) is 0 Å². The molecule has 43 heavy (non-hydrogen) atoms. The second kappa shape index (κ2) is 10.3. The SMILES string of the molecule is [OH][Sn][OH].c1ccc2c(c1)-c1nc-2nc2[nH]c(nc3nc(nc4[nH]c(n1)c1ccccc41)-c1ccccc1-3)c1ccccc21. The Morgan fingerprint density at radius 1 is 0.372 bits per heavy atom. The van der Waals surface area contributed by atoms with E-state index in [-0.39, 0.29) is 0 Å². The van der Waals surface area contributed by atoms with Gasteiger partial charge in [0.2, 0.25) is 0 Å². The van der Waals surface area contributed by atoms with Gasteiger partial charge in [-0.15, -0.1) is 0 Å². The van der Waals surface area contributed by atoms with Crippen molar-refractivity contribution in [3.8, 4) is 45.6 Å². The predicted molar refractivity (Wildman–Crippen MR) is 166 cm³/mol. The van der Waals surface area contributed by atoms with Gasteiger partial charge in [0.1, 0.15) is 22.6 Å². The van der Waals surface area contributed by atoms with Crippen LogP contribution >= 0.6 is 0 Å². The first-order chi connectivity index (χ1) is 21.2. The molecule has 0 saturated carbocycles. The number of benzene rings is 4. The summed E-state index contributed by atoms with van der Waals surface area (Å²) < 4.78 is 14.6. The minimum atomic E-state index is -1.77. The Hall–Kier alpha value is -5.04. The number of hydrogen-bond donors (Lipinski definition) is 4. The van der Waals surface area contributed by atoms with Crippen molar-refractivity contribution in [2.24, 2.45) is 0 Å². The standard InChI is InChI=1S/C32H18N8.2H2O.Sn/c1-2-10-18-17(9-1)25-33-26(18)38-28-21-13-5-6-14-22(21)30(35-28)40-32-24-16-8-7-15-23(24)31(36-32)39-29-20-12-4-3-11-19(20)27(34-29)37-25;;;/h1-16H,(H2,33,34,35,36,37,38,39,40);2*1H2;/q;;;+2/p-2. The second-order valence-corrected chi connectivity index (χ2v) is 10.5. The Morgan fingerprint density at radius 2 is 0.605 bits per heavy atom. The predicted octanol–water partition coefficient (Wildman–Crippen LogP) is 5.37. The first kappa shape index (κ1) is 25.7. The molecule has 3 aromatic heterocycles. The van der Waals surface area contributed by atoms with Gasteiger partial charge in [0.25, 0.3) is 0 Å².